The molecule has 0 heteroatoms. The van der Waals surface area contributed by atoms with Crippen LogP contribution in [-0.4, -0.2) is 0 Å². The molecule has 0 spiro atoms. The average Bonchev–Trinajstić information content (AvgIpc) is 2.61. The summed E-state index contributed by atoms with van der Waals surface area (Å²) in [5, 5.41) is 0. The number of aryl methyl sites for hydroxylation is 1. The number of hydrogen-bond acceptors (Lipinski definition) is 0. The van der Waals surface area contributed by atoms with Crippen molar-refractivity contribution in [3.05, 3.63) is 47.5 Å². The van der Waals surface area contributed by atoms with Gasteiger partial charge >= 0.3 is 0 Å². The summed E-state index contributed by atoms with van der Waals surface area (Å²) >= 11 is 0. The van der Waals surface area contributed by atoms with E-state index in [4.69, 9.17) is 0 Å². The van der Waals surface area contributed by atoms with E-state index in [2.05, 4.69) is 50.3 Å². The lowest BCUT2D eigenvalue weighted by Gasteiger charge is -2.29. The van der Waals surface area contributed by atoms with Crippen molar-refractivity contribution in [2.24, 2.45) is 17.8 Å². The van der Waals surface area contributed by atoms with Crippen LogP contribution in [0.25, 0.3) is 0 Å². The number of benzene rings is 1. The zero-order valence-electron chi connectivity index (χ0n) is 15.1. The maximum absolute atomic E-state index is 2.59. The van der Waals surface area contributed by atoms with Crippen molar-refractivity contribution in [2.75, 3.05) is 0 Å². The molecule has 2 aliphatic carbocycles. The molecule has 0 aliphatic heterocycles. The van der Waals surface area contributed by atoms with E-state index in [-0.39, 0.29) is 0 Å². The number of allylic oxidation sites excluding steroid dienone is 2. The van der Waals surface area contributed by atoms with Crippen LogP contribution in [-0.2, 0) is 0 Å². The van der Waals surface area contributed by atoms with Crippen LogP contribution >= 0.6 is 0 Å². The van der Waals surface area contributed by atoms with Gasteiger partial charge < -0.3 is 0 Å². The van der Waals surface area contributed by atoms with Crippen LogP contribution < -0.4 is 0 Å². The highest BCUT2D eigenvalue weighted by molar-refractivity contribution is 5.25. The van der Waals surface area contributed by atoms with Crippen LogP contribution in [0.5, 0.6) is 0 Å². The molecule has 0 aromatic heterocycles. The summed E-state index contributed by atoms with van der Waals surface area (Å²) in [4.78, 5) is 0. The molecule has 3 rings (SSSR count). The summed E-state index contributed by atoms with van der Waals surface area (Å²) in [6.45, 7) is 4.53. The highest BCUT2D eigenvalue weighted by atomic mass is 14.3. The Kier molecular flexibility index (Phi) is 5.97. The SMILES string of the molecule is CCC1CCC(/C=C/C2CCC(c3ccc(C)cc3)CC2)CC1. The Morgan fingerprint density at radius 1 is 0.783 bits per heavy atom. The van der Waals surface area contributed by atoms with Gasteiger partial charge in [0.15, 0.2) is 0 Å². The predicted molar refractivity (Wildman–Crippen MR) is 101 cm³/mol. The van der Waals surface area contributed by atoms with Gasteiger partial charge in [0.2, 0.25) is 0 Å². The molecule has 0 radical (unpaired) electrons. The Labute approximate surface area is 143 Å². The lowest BCUT2D eigenvalue weighted by Crippen LogP contribution is -2.14. The van der Waals surface area contributed by atoms with E-state index in [9.17, 15) is 0 Å². The molecule has 0 amide bonds. The molecule has 0 saturated heterocycles. The zero-order valence-corrected chi connectivity index (χ0v) is 15.1. The summed E-state index contributed by atoms with van der Waals surface area (Å²) < 4.78 is 0. The molecule has 1 aromatic carbocycles. The summed E-state index contributed by atoms with van der Waals surface area (Å²) in [5.74, 6) is 3.55. The number of rotatable bonds is 4. The van der Waals surface area contributed by atoms with Gasteiger partial charge in [-0.25, -0.2) is 0 Å². The maximum Gasteiger partial charge on any atom is -0.0162 e. The first-order valence-electron chi connectivity index (χ1n) is 9.99. The van der Waals surface area contributed by atoms with E-state index in [0.717, 1.165) is 23.7 Å². The van der Waals surface area contributed by atoms with E-state index in [0.29, 0.717) is 0 Å². The second-order valence-corrected chi connectivity index (χ2v) is 8.10. The third kappa shape index (κ3) is 4.72. The van der Waals surface area contributed by atoms with Gasteiger partial charge in [-0.1, -0.05) is 55.3 Å². The molecule has 2 fully saturated rings. The Bertz CT molecular complexity index is 479. The lowest BCUT2D eigenvalue weighted by molar-refractivity contribution is 0.301. The van der Waals surface area contributed by atoms with Gasteiger partial charge in [-0.15, -0.1) is 0 Å². The van der Waals surface area contributed by atoms with E-state index >= 15 is 0 Å². The molecule has 126 valence electrons. The third-order valence-corrected chi connectivity index (χ3v) is 6.44. The summed E-state index contributed by atoms with van der Waals surface area (Å²) in [5.41, 5.74) is 2.94. The fourth-order valence-corrected chi connectivity index (χ4v) is 4.59. The Balaban J connectivity index is 1.44. The molecule has 0 N–H and O–H groups in total. The van der Waals surface area contributed by atoms with E-state index in [1.165, 1.54) is 63.4 Å². The minimum atomic E-state index is 0.806. The van der Waals surface area contributed by atoms with Crippen LogP contribution in [0.4, 0.5) is 0 Å². The molecular formula is C23H34. The molecule has 2 aliphatic rings. The van der Waals surface area contributed by atoms with Crippen LogP contribution in [0.3, 0.4) is 0 Å². The Morgan fingerprint density at radius 3 is 1.83 bits per heavy atom. The average molecular weight is 311 g/mol. The summed E-state index contributed by atoms with van der Waals surface area (Å²) in [7, 11) is 0. The molecular weight excluding hydrogens is 276 g/mol. The predicted octanol–water partition coefficient (Wildman–Crippen LogP) is 7.04. The summed E-state index contributed by atoms with van der Waals surface area (Å²) in [6.07, 6.45) is 17.9. The minimum Gasteiger partial charge on any atom is -0.0851 e. The summed E-state index contributed by atoms with van der Waals surface area (Å²) in [6, 6.07) is 9.24. The van der Waals surface area contributed by atoms with Crippen molar-refractivity contribution in [2.45, 2.75) is 77.6 Å². The number of hydrogen-bond donors (Lipinski definition) is 0. The van der Waals surface area contributed by atoms with Crippen molar-refractivity contribution in [1.29, 1.82) is 0 Å². The van der Waals surface area contributed by atoms with Crippen molar-refractivity contribution < 1.29 is 0 Å². The van der Waals surface area contributed by atoms with Gasteiger partial charge in [0.05, 0.1) is 0 Å². The first-order chi connectivity index (χ1) is 11.2. The van der Waals surface area contributed by atoms with Gasteiger partial charge in [-0.3, -0.25) is 0 Å². The van der Waals surface area contributed by atoms with Crippen LogP contribution in [0.2, 0.25) is 0 Å². The van der Waals surface area contributed by atoms with Gasteiger partial charge in [0, 0.05) is 0 Å². The quantitative estimate of drug-likeness (QED) is 0.523. The highest BCUT2D eigenvalue weighted by Crippen LogP contribution is 2.37. The van der Waals surface area contributed by atoms with Gasteiger partial charge in [-0.2, -0.15) is 0 Å². The van der Waals surface area contributed by atoms with Crippen molar-refractivity contribution in [1.82, 2.24) is 0 Å². The van der Waals surface area contributed by atoms with E-state index < -0.39 is 0 Å². The second kappa shape index (κ2) is 8.18. The molecule has 2 saturated carbocycles. The fraction of sp³-hybridized carbons (Fsp3) is 0.652. The van der Waals surface area contributed by atoms with Crippen molar-refractivity contribution in [3.8, 4) is 0 Å². The standard InChI is InChI=1S/C23H34/c1-3-19-6-8-20(9-7-19)10-11-21-12-16-23(17-13-21)22-14-4-18(2)5-15-22/h4-5,10-11,14-15,19-21,23H,3,6-9,12-13,16-17H2,1-2H3/b11-10+. The van der Waals surface area contributed by atoms with Gasteiger partial charge in [-0.05, 0) is 87.5 Å². The smallest absolute Gasteiger partial charge is 0.0162 e. The van der Waals surface area contributed by atoms with Crippen molar-refractivity contribution >= 4 is 0 Å². The molecule has 0 unspecified atom stereocenters. The zero-order chi connectivity index (χ0) is 16.1. The molecule has 0 heterocycles. The Hall–Kier alpha value is -1.04. The van der Waals surface area contributed by atoms with E-state index in [1.54, 1.807) is 5.56 Å². The lowest BCUT2D eigenvalue weighted by atomic mass is 9.77. The second-order valence-electron chi connectivity index (χ2n) is 8.10. The first-order valence-corrected chi connectivity index (χ1v) is 9.99. The third-order valence-electron chi connectivity index (χ3n) is 6.44. The molecule has 1 aromatic rings. The maximum atomic E-state index is 2.59. The largest absolute Gasteiger partial charge is 0.0851 e. The molecule has 0 bridgehead atoms. The monoisotopic (exact) mass is 310 g/mol. The van der Waals surface area contributed by atoms with Crippen LogP contribution in [0.1, 0.15) is 81.8 Å². The first kappa shape index (κ1) is 16.8. The van der Waals surface area contributed by atoms with E-state index in [1.807, 2.05) is 0 Å². The normalized spacial score (nSPS) is 32.3. The fourth-order valence-electron chi connectivity index (χ4n) is 4.59. The van der Waals surface area contributed by atoms with Crippen LogP contribution in [0.15, 0.2) is 36.4 Å². The highest BCUT2D eigenvalue weighted by Gasteiger charge is 2.22. The van der Waals surface area contributed by atoms with Crippen molar-refractivity contribution in [3.63, 3.8) is 0 Å². The minimum absolute atomic E-state index is 0.806. The molecule has 0 nitrogen and oxygen atoms in total. The van der Waals surface area contributed by atoms with Crippen LogP contribution in [0, 0.1) is 24.7 Å². The Morgan fingerprint density at radius 2 is 1.30 bits per heavy atom. The molecule has 23 heavy (non-hydrogen) atoms. The molecule has 0 atom stereocenters. The topological polar surface area (TPSA) is 0 Å². The van der Waals surface area contributed by atoms with Gasteiger partial charge in [0.25, 0.3) is 0 Å². The van der Waals surface area contributed by atoms with Gasteiger partial charge in [0.1, 0.15) is 0 Å².